The Kier molecular flexibility index (Phi) is 58.0. The number of unbranched alkanes of at least 4 members (excludes halogenated alkanes) is 19. The summed E-state index contributed by atoms with van der Waals surface area (Å²) in [6, 6.07) is 0. The van der Waals surface area contributed by atoms with Gasteiger partial charge in [-0.1, -0.05) is 256 Å². The minimum Gasteiger partial charge on any atom is -0.462 e. The third-order valence-electron chi connectivity index (χ3n) is 12.3. The second-order valence-corrected chi connectivity index (χ2v) is 19.5. The molecule has 0 saturated heterocycles. The highest BCUT2D eigenvalue weighted by Crippen LogP contribution is 2.14. The van der Waals surface area contributed by atoms with Gasteiger partial charge in [-0.15, -0.1) is 0 Å². The molecule has 0 saturated carbocycles. The molecule has 0 aliphatic heterocycles. The molecule has 0 aliphatic rings. The highest BCUT2D eigenvalue weighted by Gasteiger charge is 2.19. The lowest BCUT2D eigenvalue weighted by atomic mass is 10.1. The van der Waals surface area contributed by atoms with E-state index in [0.717, 1.165) is 122 Å². The van der Waals surface area contributed by atoms with Crippen molar-refractivity contribution in [3.05, 3.63) is 146 Å². The lowest BCUT2D eigenvalue weighted by Gasteiger charge is -2.18. The van der Waals surface area contributed by atoms with Crippen molar-refractivity contribution in [2.24, 2.45) is 0 Å². The highest BCUT2D eigenvalue weighted by atomic mass is 16.6. The summed E-state index contributed by atoms with van der Waals surface area (Å²) in [6.45, 7) is 6.29. The van der Waals surface area contributed by atoms with Crippen LogP contribution in [-0.4, -0.2) is 37.2 Å². The van der Waals surface area contributed by atoms with Gasteiger partial charge < -0.3 is 14.2 Å². The number of allylic oxidation sites excluding steroid dienone is 23. The summed E-state index contributed by atoms with van der Waals surface area (Å²) in [5.41, 5.74) is 0. The van der Waals surface area contributed by atoms with Crippen LogP contribution >= 0.6 is 0 Å². The van der Waals surface area contributed by atoms with E-state index >= 15 is 0 Å². The molecule has 6 nitrogen and oxygen atoms in total. The Morgan fingerprint density at radius 2 is 0.573 bits per heavy atom. The molecule has 6 heteroatoms. The van der Waals surface area contributed by atoms with Gasteiger partial charge in [0, 0.05) is 12.8 Å². The molecule has 0 heterocycles. The first-order chi connectivity index (χ1) is 37.0. The van der Waals surface area contributed by atoms with Gasteiger partial charge in [-0.3, -0.25) is 14.4 Å². The van der Waals surface area contributed by atoms with Gasteiger partial charge in [0.25, 0.3) is 0 Å². The van der Waals surface area contributed by atoms with Gasteiger partial charge in [0.2, 0.25) is 0 Å². The van der Waals surface area contributed by atoms with Gasteiger partial charge >= 0.3 is 17.9 Å². The third kappa shape index (κ3) is 60.0. The summed E-state index contributed by atoms with van der Waals surface area (Å²) in [6.07, 6.45) is 88.7. The molecule has 0 aromatic rings. The summed E-state index contributed by atoms with van der Waals surface area (Å²) in [5, 5.41) is 0. The Labute approximate surface area is 461 Å². The Hall–Kier alpha value is -4.71. The van der Waals surface area contributed by atoms with Gasteiger partial charge in [0.05, 0.1) is 6.42 Å². The van der Waals surface area contributed by atoms with Crippen LogP contribution in [0.1, 0.15) is 252 Å². The summed E-state index contributed by atoms with van der Waals surface area (Å²) in [7, 11) is 0. The van der Waals surface area contributed by atoms with Crippen molar-refractivity contribution < 1.29 is 28.6 Å². The largest absolute Gasteiger partial charge is 0.462 e. The quantitative estimate of drug-likeness (QED) is 0.0261. The van der Waals surface area contributed by atoms with E-state index in [2.05, 4.69) is 154 Å². The molecule has 0 aliphatic carbocycles. The summed E-state index contributed by atoms with van der Waals surface area (Å²) in [4.78, 5) is 38.2. The first kappa shape index (κ1) is 70.3. The lowest BCUT2D eigenvalue weighted by molar-refractivity contribution is -0.166. The van der Waals surface area contributed by atoms with Crippen LogP contribution in [0.3, 0.4) is 0 Å². The number of ether oxygens (including phenoxy) is 3. The minimum absolute atomic E-state index is 0.116. The number of carbonyl (C=O) groups excluding carboxylic acids is 3. The number of hydrogen-bond acceptors (Lipinski definition) is 6. The zero-order chi connectivity index (χ0) is 54.3. The molecule has 0 rings (SSSR count). The van der Waals surface area contributed by atoms with E-state index in [1.165, 1.54) is 89.9 Å². The van der Waals surface area contributed by atoms with Crippen molar-refractivity contribution in [2.45, 2.75) is 258 Å². The van der Waals surface area contributed by atoms with Crippen LogP contribution < -0.4 is 0 Å². The van der Waals surface area contributed by atoms with Crippen molar-refractivity contribution in [1.29, 1.82) is 0 Å². The number of hydrogen-bond donors (Lipinski definition) is 0. The molecule has 0 amide bonds. The smallest absolute Gasteiger partial charge is 0.309 e. The molecule has 75 heavy (non-hydrogen) atoms. The van der Waals surface area contributed by atoms with E-state index in [0.29, 0.717) is 12.8 Å². The predicted molar refractivity (Wildman–Crippen MR) is 325 cm³/mol. The first-order valence-corrected chi connectivity index (χ1v) is 30.3. The lowest BCUT2D eigenvalue weighted by Crippen LogP contribution is -2.30. The molecular formula is C69H110O6. The van der Waals surface area contributed by atoms with Crippen LogP contribution in [0.15, 0.2) is 146 Å². The molecule has 0 N–H and O–H groups in total. The molecule has 0 spiro atoms. The molecule has 0 fully saturated rings. The van der Waals surface area contributed by atoms with Gasteiger partial charge in [0.1, 0.15) is 13.2 Å². The average Bonchev–Trinajstić information content (AvgIpc) is 3.41. The molecule has 1 unspecified atom stereocenters. The van der Waals surface area contributed by atoms with Gasteiger partial charge in [0.15, 0.2) is 6.10 Å². The fraction of sp³-hybridized carbons (Fsp3) is 0.609. The van der Waals surface area contributed by atoms with Crippen molar-refractivity contribution in [2.75, 3.05) is 13.2 Å². The van der Waals surface area contributed by atoms with Crippen LogP contribution in [0.2, 0.25) is 0 Å². The SMILES string of the molecule is CC/C=C\C/C=C\C/C=C\C/C=C\C/C=C\C/C=C\CCCCCCC(=O)OCC(COC(=O)C/C=C\C/C=C\C/C=C\C/C=C\C/C=C\CC)OC(=O)CCCCCCCCCCC/C=C\CCCCCCCC. The Balaban J connectivity index is 4.53. The Morgan fingerprint density at radius 3 is 0.947 bits per heavy atom. The first-order valence-electron chi connectivity index (χ1n) is 30.3. The molecule has 0 bridgehead atoms. The van der Waals surface area contributed by atoms with E-state index in [-0.39, 0.29) is 31.6 Å². The maximum atomic E-state index is 12.9. The maximum Gasteiger partial charge on any atom is 0.309 e. The monoisotopic (exact) mass is 1030 g/mol. The van der Waals surface area contributed by atoms with E-state index in [9.17, 15) is 14.4 Å². The third-order valence-corrected chi connectivity index (χ3v) is 12.3. The zero-order valence-corrected chi connectivity index (χ0v) is 48.3. The second-order valence-electron chi connectivity index (χ2n) is 19.5. The molecule has 1 atom stereocenters. The number of rotatable bonds is 53. The molecule has 422 valence electrons. The van der Waals surface area contributed by atoms with Crippen molar-refractivity contribution >= 4 is 17.9 Å². The number of esters is 3. The molecule has 0 aromatic heterocycles. The zero-order valence-electron chi connectivity index (χ0n) is 48.3. The summed E-state index contributed by atoms with van der Waals surface area (Å²) < 4.78 is 16.8. The number of carbonyl (C=O) groups is 3. The Bertz CT molecular complexity index is 1660. The summed E-state index contributed by atoms with van der Waals surface area (Å²) in [5.74, 6) is -1.09. The van der Waals surface area contributed by atoms with Crippen molar-refractivity contribution in [1.82, 2.24) is 0 Å². The molecular weight excluding hydrogens is 925 g/mol. The minimum atomic E-state index is -0.837. The van der Waals surface area contributed by atoms with Crippen LogP contribution in [0.4, 0.5) is 0 Å². The van der Waals surface area contributed by atoms with Gasteiger partial charge in [-0.05, 0) is 122 Å². The normalized spacial score (nSPS) is 13.2. The van der Waals surface area contributed by atoms with E-state index in [1.54, 1.807) is 6.08 Å². The topological polar surface area (TPSA) is 78.9 Å². The van der Waals surface area contributed by atoms with Crippen LogP contribution in [0.5, 0.6) is 0 Å². The fourth-order valence-electron chi connectivity index (χ4n) is 7.87. The van der Waals surface area contributed by atoms with Gasteiger partial charge in [-0.2, -0.15) is 0 Å². The maximum absolute atomic E-state index is 12.9. The second kappa shape index (κ2) is 61.8. The molecule has 0 radical (unpaired) electrons. The van der Waals surface area contributed by atoms with Crippen LogP contribution in [0, 0.1) is 0 Å². The average molecular weight is 1040 g/mol. The summed E-state index contributed by atoms with van der Waals surface area (Å²) >= 11 is 0. The van der Waals surface area contributed by atoms with Crippen molar-refractivity contribution in [3.8, 4) is 0 Å². The highest BCUT2D eigenvalue weighted by molar-refractivity contribution is 5.72. The fourth-order valence-corrected chi connectivity index (χ4v) is 7.87. The van der Waals surface area contributed by atoms with Crippen LogP contribution in [-0.2, 0) is 28.6 Å². The van der Waals surface area contributed by atoms with Gasteiger partial charge in [-0.25, -0.2) is 0 Å². The molecule has 0 aromatic carbocycles. The van der Waals surface area contributed by atoms with Crippen molar-refractivity contribution in [3.63, 3.8) is 0 Å². The van der Waals surface area contributed by atoms with E-state index in [4.69, 9.17) is 14.2 Å². The van der Waals surface area contributed by atoms with E-state index in [1.807, 2.05) is 6.08 Å². The van der Waals surface area contributed by atoms with Crippen LogP contribution in [0.25, 0.3) is 0 Å². The van der Waals surface area contributed by atoms with E-state index < -0.39 is 12.1 Å². The predicted octanol–water partition coefficient (Wildman–Crippen LogP) is 20.8. The Morgan fingerprint density at radius 1 is 0.293 bits per heavy atom. The standard InChI is InChI=1S/C69H110O6/c1-4-7-10-13-16-19-22-25-28-30-32-33-34-35-37-38-41-44-47-50-53-56-59-62-68(71)74-65-66(64-73-67(70)61-58-55-52-49-46-43-40-27-24-21-18-15-12-9-6-3)75-69(72)63-60-57-54-51-48-45-42-39-36-31-29-26-23-20-17-14-11-8-5-2/h7,9-10,12,16,18-19,21,25-29,32-33,35,37,40-41,44,46,49,55,58,66H,4-6,8,11,13-15,17,20,22-24,30-31,34,36,38-39,42-43,45,47-48,50-54,56-57,59-65H2,1-3H3/b10-7-,12-9-,19-16-,21-18-,28-25-,29-26-,33-32-,37-35-,40-27-,44-41-,49-46-,58-55-.